The summed E-state index contributed by atoms with van der Waals surface area (Å²) >= 11 is 5.71. The lowest BCUT2D eigenvalue weighted by atomic mass is 10.2. The summed E-state index contributed by atoms with van der Waals surface area (Å²) in [6, 6.07) is 6.85. The second-order valence-corrected chi connectivity index (χ2v) is 5.02. The van der Waals surface area contributed by atoms with Gasteiger partial charge in [-0.2, -0.15) is 18.3 Å². The number of hydrogen-bond donors (Lipinski definition) is 1. The van der Waals surface area contributed by atoms with Crippen LogP contribution in [0.5, 0.6) is 0 Å². The van der Waals surface area contributed by atoms with Crippen molar-refractivity contribution in [2.24, 2.45) is 5.10 Å². The first-order chi connectivity index (χ1) is 11.8. The smallest absolute Gasteiger partial charge is 0.260 e. The minimum atomic E-state index is -4.54. The predicted octanol–water partition coefficient (Wildman–Crippen LogP) is 4.77. The maximum Gasteiger partial charge on any atom is 0.417 e. The first-order valence-corrected chi connectivity index (χ1v) is 7.08. The molecule has 0 saturated heterocycles. The van der Waals surface area contributed by atoms with E-state index in [0.29, 0.717) is 11.8 Å². The largest absolute Gasteiger partial charge is 0.417 e. The van der Waals surface area contributed by atoms with Crippen molar-refractivity contribution in [1.29, 1.82) is 0 Å². The molecular weight excluding hydrogens is 361 g/mol. The molecule has 0 unspecified atom stereocenters. The van der Waals surface area contributed by atoms with Crippen molar-refractivity contribution in [1.82, 2.24) is 4.98 Å². The Morgan fingerprint density at radius 3 is 2.68 bits per heavy atom. The normalized spacial score (nSPS) is 12.0. The van der Waals surface area contributed by atoms with Gasteiger partial charge >= 0.3 is 6.18 Å². The summed E-state index contributed by atoms with van der Waals surface area (Å²) in [6.07, 6.45) is 0.239. The molecule has 0 amide bonds. The number of allylic oxidation sites excluding steroid dienone is 1. The number of aromatic nitrogens is 1. The van der Waals surface area contributed by atoms with E-state index in [2.05, 4.69) is 15.5 Å². The monoisotopic (exact) mass is 370 g/mol. The number of alkyl halides is 3. The van der Waals surface area contributed by atoms with Crippen molar-refractivity contribution in [2.45, 2.75) is 6.18 Å². The van der Waals surface area contributed by atoms with Crippen LogP contribution in [-0.4, -0.2) is 16.1 Å². The van der Waals surface area contributed by atoms with Crippen molar-refractivity contribution < 1.29 is 18.1 Å². The van der Waals surface area contributed by atoms with Crippen LogP contribution in [0.1, 0.15) is 11.1 Å². The topological polar surface area (TPSA) is 80.4 Å². The van der Waals surface area contributed by atoms with Crippen molar-refractivity contribution in [3.63, 3.8) is 0 Å². The molecule has 130 valence electrons. The molecule has 0 aliphatic rings. The van der Waals surface area contributed by atoms with Gasteiger partial charge in [0.15, 0.2) is 5.82 Å². The summed E-state index contributed by atoms with van der Waals surface area (Å²) in [6.45, 7) is 0. The number of nitro groups is 1. The van der Waals surface area contributed by atoms with Gasteiger partial charge in [0.2, 0.25) is 0 Å². The van der Waals surface area contributed by atoms with Crippen LogP contribution in [0, 0.1) is 10.1 Å². The highest BCUT2D eigenvalue weighted by atomic mass is 35.5. The quantitative estimate of drug-likeness (QED) is 0.467. The molecule has 0 atom stereocenters. The van der Waals surface area contributed by atoms with Gasteiger partial charge in [0, 0.05) is 18.5 Å². The van der Waals surface area contributed by atoms with Crippen LogP contribution in [0.2, 0.25) is 5.02 Å². The number of para-hydroxylation sites is 1. The summed E-state index contributed by atoms with van der Waals surface area (Å²) < 4.78 is 37.5. The number of halogens is 4. The molecule has 0 radical (unpaired) electrons. The maximum atomic E-state index is 12.5. The van der Waals surface area contributed by atoms with Crippen LogP contribution in [0.4, 0.5) is 24.7 Å². The minimum Gasteiger partial charge on any atom is -0.260 e. The fourth-order valence-electron chi connectivity index (χ4n) is 1.76. The summed E-state index contributed by atoms with van der Waals surface area (Å²) in [5, 5.41) is 14.3. The Bertz CT molecular complexity index is 838. The number of pyridine rings is 1. The van der Waals surface area contributed by atoms with Crippen molar-refractivity contribution in [3.8, 4) is 0 Å². The fraction of sp³-hybridized carbons (Fsp3) is 0.0667. The van der Waals surface area contributed by atoms with E-state index in [1.807, 2.05) is 0 Å². The lowest BCUT2D eigenvalue weighted by Gasteiger charge is -2.08. The maximum absolute atomic E-state index is 12.5. The van der Waals surface area contributed by atoms with Crippen LogP contribution >= 0.6 is 11.6 Å². The number of hydrogen-bond acceptors (Lipinski definition) is 5. The average Bonchev–Trinajstić information content (AvgIpc) is 2.55. The third-order valence-electron chi connectivity index (χ3n) is 2.91. The Hall–Kier alpha value is -2.94. The van der Waals surface area contributed by atoms with E-state index >= 15 is 0 Å². The summed E-state index contributed by atoms with van der Waals surface area (Å²) in [5.74, 6) is -0.0509. The third kappa shape index (κ3) is 5.01. The summed E-state index contributed by atoms with van der Waals surface area (Å²) in [4.78, 5) is 13.9. The number of rotatable bonds is 5. The Labute approximate surface area is 144 Å². The van der Waals surface area contributed by atoms with E-state index in [1.54, 1.807) is 18.2 Å². The van der Waals surface area contributed by atoms with E-state index in [-0.39, 0.29) is 16.5 Å². The third-order valence-corrected chi connectivity index (χ3v) is 3.20. The van der Waals surface area contributed by atoms with E-state index in [1.165, 1.54) is 24.4 Å². The number of nitro benzene ring substituents is 1. The van der Waals surface area contributed by atoms with Gasteiger partial charge in [0.05, 0.1) is 21.1 Å². The van der Waals surface area contributed by atoms with Gasteiger partial charge in [-0.3, -0.25) is 15.5 Å². The second kappa shape index (κ2) is 7.75. The molecule has 0 spiro atoms. The zero-order chi connectivity index (χ0) is 18.4. The molecule has 10 heteroatoms. The van der Waals surface area contributed by atoms with Gasteiger partial charge in [-0.25, -0.2) is 4.98 Å². The Morgan fingerprint density at radius 2 is 2.04 bits per heavy atom. The molecule has 1 heterocycles. The van der Waals surface area contributed by atoms with Crippen LogP contribution in [0.3, 0.4) is 0 Å². The van der Waals surface area contributed by atoms with Crippen molar-refractivity contribution in [3.05, 3.63) is 68.9 Å². The Balaban J connectivity index is 2.04. The Morgan fingerprint density at radius 1 is 1.32 bits per heavy atom. The molecule has 1 aromatic heterocycles. The fourth-order valence-corrected chi connectivity index (χ4v) is 1.97. The molecule has 2 rings (SSSR count). The second-order valence-electron chi connectivity index (χ2n) is 4.62. The van der Waals surface area contributed by atoms with E-state index in [0.717, 1.165) is 6.07 Å². The summed E-state index contributed by atoms with van der Waals surface area (Å²) in [7, 11) is 0. The standard InChI is InChI=1S/C15H10ClF3N4O2/c16-12-8-11(15(17,18)19)9-20-14(12)22-21-7-3-5-10-4-1-2-6-13(10)23(24)25/h1-9H,(H,20,22)/b5-3+,21-7-. The highest BCUT2D eigenvalue weighted by Crippen LogP contribution is 2.32. The van der Waals surface area contributed by atoms with Gasteiger partial charge in [-0.05, 0) is 24.3 Å². The lowest BCUT2D eigenvalue weighted by molar-refractivity contribution is -0.385. The van der Waals surface area contributed by atoms with Crippen molar-refractivity contribution >= 4 is 35.4 Å². The molecule has 2 aromatic rings. The first kappa shape index (κ1) is 18.4. The molecule has 0 aliphatic heterocycles. The van der Waals surface area contributed by atoms with E-state index in [9.17, 15) is 23.3 Å². The molecule has 6 nitrogen and oxygen atoms in total. The highest BCUT2D eigenvalue weighted by Gasteiger charge is 2.31. The molecular formula is C15H10ClF3N4O2. The molecule has 0 bridgehead atoms. The van der Waals surface area contributed by atoms with Crippen molar-refractivity contribution in [2.75, 3.05) is 5.43 Å². The van der Waals surface area contributed by atoms with Crippen LogP contribution < -0.4 is 5.43 Å². The predicted molar refractivity (Wildman–Crippen MR) is 88.5 cm³/mol. The van der Waals surface area contributed by atoms with Crippen LogP contribution in [0.15, 0.2) is 47.7 Å². The molecule has 25 heavy (non-hydrogen) atoms. The summed E-state index contributed by atoms with van der Waals surface area (Å²) in [5.41, 5.74) is 1.74. The SMILES string of the molecule is O=[N+]([O-])c1ccccc1/C=C/C=N\Nc1ncc(C(F)(F)F)cc1Cl. The minimum absolute atomic E-state index is 0.0509. The van der Waals surface area contributed by atoms with Gasteiger partial charge < -0.3 is 0 Å². The van der Waals surface area contributed by atoms with E-state index in [4.69, 9.17) is 11.6 Å². The highest BCUT2D eigenvalue weighted by molar-refractivity contribution is 6.32. The molecule has 0 fully saturated rings. The van der Waals surface area contributed by atoms with E-state index < -0.39 is 16.7 Å². The number of hydrazone groups is 1. The molecule has 0 aliphatic carbocycles. The number of nitrogens with one attached hydrogen (secondary N) is 1. The van der Waals surface area contributed by atoms with Gasteiger partial charge in [-0.15, -0.1) is 0 Å². The van der Waals surface area contributed by atoms with Gasteiger partial charge in [0.1, 0.15) is 0 Å². The zero-order valence-electron chi connectivity index (χ0n) is 12.4. The first-order valence-electron chi connectivity index (χ1n) is 6.71. The molecule has 1 N–H and O–H groups in total. The number of benzene rings is 1. The van der Waals surface area contributed by atoms with Crippen LogP contribution in [-0.2, 0) is 6.18 Å². The Kier molecular flexibility index (Phi) is 5.71. The molecule has 0 saturated carbocycles. The van der Waals surface area contributed by atoms with Crippen LogP contribution in [0.25, 0.3) is 6.08 Å². The number of nitrogens with zero attached hydrogens (tertiary/aromatic N) is 3. The molecule has 1 aromatic carbocycles. The van der Waals surface area contributed by atoms with Gasteiger partial charge in [-0.1, -0.05) is 23.7 Å². The van der Waals surface area contributed by atoms with Gasteiger partial charge in [0.25, 0.3) is 5.69 Å². The lowest BCUT2D eigenvalue weighted by Crippen LogP contribution is -2.06. The zero-order valence-corrected chi connectivity index (χ0v) is 13.1. The number of anilines is 1. The average molecular weight is 371 g/mol.